The molecule has 3 atom stereocenters. The molecule has 3 rings (SSSR count). The second-order valence-electron chi connectivity index (χ2n) is 7.70. The van der Waals surface area contributed by atoms with Crippen molar-refractivity contribution in [1.82, 2.24) is 15.5 Å². The minimum Gasteiger partial charge on any atom is -0.377 e. The third-order valence-corrected chi connectivity index (χ3v) is 5.62. The Morgan fingerprint density at radius 3 is 2.62 bits per heavy atom. The largest absolute Gasteiger partial charge is 0.377 e. The first kappa shape index (κ1) is 19.8. The molecule has 1 heterocycles. The van der Waals surface area contributed by atoms with Crippen molar-refractivity contribution in [3.05, 3.63) is 0 Å². The standard InChI is InChI=1S/C17H30N4O2.HI/c1-11(2)19-16(18-10-13(22)21(3)4)20-14-12-6-9-23-15(12)17(14)7-5-8-17;/h11-12,14-15H,5-10H2,1-4H3,(H2,18,19,20);1H. The maximum Gasteiger partial charge on any atom is 0.243 e. The number of carbonyl (C=O) groups excluding carboxylic acids is 1. The van der Waals surface area contributed by atoms with Crippen LogP contribution in [0, 0.1) is 11.3 Å². The van der Waals surface area contributed by atoms with Crippen LogP contribution in [0.3, 0.4) is 0 Å². The SMILES string of the molecule is CC(C)NC(=NCC(=O)N(C)C)NC1C2CCOC2C12CCC2.I. The van der Waals surface area contributed by atoms with Crippen LogP contribution in [0.4, 0.5) is 0 Å². The third-order valence-electron chi connectivity index (χ3n) is 5.62. The highest BCUT2D eigenvalue weighted by Gasteiger charge is 2.66. The molecule has 138 valence electrons. The molecule has 2 aliphatic carbocycles. The van der Waals surface area contributed by atoms with Crippen LogP contribution in [0.2, 0.25) is 0 Å². The zero-order valence-electron chi connectivity index (χ0n) is 15.2. The first-order chi connectivity index (χ1) is 10.9. The Labute approximate surface area is 162 Å². The number of halogens is 1. The molecule has 0 aromatic rings. The van der Waals surface area contributed by atoms with Gasteiger partial charge in [0.15, 0.2) is 5.96 Å². The molecule has 2 saturated carbocycles. The summed E-state index contributed by atoms with van der Waals surface area (Å²) >= 11 is 0. The monoisotopic (exact) mass is 450 g/mol. The van der Waals surface area contributed by atoms with Crippen LogP contribution in [0.5, 0.6) is 0 Å². The number of nitrogens with zero attached hydrogens (tertiary/aromatic N) is 2. The average Bonchev–Trinajstić information content (AvgIpc) is 2.84. The van der Waals surface area contributed by atoms with E-state index in [2.05, 4.69) is 29.5 Å². The third kappa shape index (κ3) is 3.52. The number of carbonyl (C=O) groups is 1. The Morgan fingerprint density at radius 1 is 1.38 bits per heavy atom. The van der Waals surface area contributed by atoms with Crippen LogP contribution in [0.1, 0.15) is 39.5 Å². The van der Waals surface area contributed by atoms with Gasteiger partial charge in [0.25, 0.3) is 0 Å². The molecular formula is C17H31IN4O2. The molecule has 3 fully saturated rings. The molecule has 0 bridgehead atoms. The minimum atomic E-state index is 0. The number of nitrogens with one attached hydrogen (secondary N) is 2. The fraction of sp³-hybridized carbons (Fsp3) is 0.882. The molecule has 3 aliphatic rings. The summed E-state index contributed by atoms with van der Waals surface area (Å²) in [5.41, 5.74) is 0.312. The number of rotatable bonds is 4. The zero-order valence-corrected chi connectivity index (χ0v) is 17.5. The number of guanidine groups is 1. The Bertz CT molecular complexity index is 491. The van der Waals surface area contributed by atoms with Gasteiger partial charge in [0.05, 0.1) is 6.10 Å². The van der Waals surface area contributed by atoms with E-state index in [1.807, 2.05) is 0 Å². The number of fused-ring (bicyclic) bond motifs is 2. The molecule has 7 heteroatoms. The average molecular weight is 450 g/mol. The van der Waals surface area contributed by atoms with E-state index in [9.17, 15) is 4.79 Å². The first-order valence-corrected chi connectivity index (χ1v) is 8.83. The number of hydrogen-bond acceptors (Lipinski definition) is 3. The Balaban J connectivity index is 0.00000208. The van der Waals surface area contributed by atoms with E-state index in [4.69, 9.17) is 4.74 Å². The number of amides is 1. The van der Waals surface area contributed by atoms with Crippen LogP contribution in [0.15, 0.2) is 4.99 Å². The van der Waals surface area contributed by atoms with E-state index in [0.717, 1.165) is 19.0 Å². The van der Waals surface area contributed by atoms with Crippen molar-refractivity contribution in [1.29, 1.82) is 0 Å². The van der Waals surface area contributed by atoms with E-state index in [0.29, 0.717) is 23.5 Å². The highest BCUT2D eigenvalue weighted by Crippen LogP contribution is 2.62. The number of ether oxygens (including phenoxy) is 1. The maximum atomic E-state index is 11.8. The molecule has 0 aromatic heterocycles. The van der Waals surface area contributed by atoms with Gasteiger partial charge in [0.2, 0.25) is 5.91 Å². The summed E-state index contributed by atoms with van der Waals surface area (Å²) < 4.78 is 5.97. The molecule has 0 aromatic carbocycles. The summed E-state index contributed by atoms with van der Waals surface area (Å²) in [5, 5.41) is 7.00. The predicted molar refractivity (Wildman–Crippen MR) is 106 cm³/mol. The normalized spacial score (nSPS) is 30.0. The zero-order chi connectivity index (χ0) is 16.6. The van der Waals surface area contributed by atoms with Gasteiger partial charge in [0.1, 0.15) is 6.54 Å². The van der Waals surface area contributed by atoms with E-state index in [-0.39, 0.29) is 42.5 Å². The lowest BCUT2D eigenvalue weighted by atomic mass is 9.46. The molecular weight excluding hydrogens is 419 g/mol. The predicted octanol–water partition coefficient (Wildman–Crippen LogP) is 1.59. The molecule has 1 amide bonds. The second kappa shape index (κ2) is 7.76. The van der Waals surface area contributed by atoms with Crippen molar-refractivity contribution in [3.63, 3.8) is 0 Å². The topological polar surface area (TPSA) is 66.0 Å². The highest BCUT2D eigenvalue weighted by atomic mass is 127. The Morgan fingerprint density at radius 2 is 2.08 bits per heavy atom. The van der Waals surface area contributed by atoms with Crippen LogP contribution in [-0.4, -0.2) is 62.2 Å². The van der Waals surface area contributed by atoms with Gasteiger partial charge in [-0.3, -0.25) is 4.79 Å². The van der Waals surface area contributed by atoms with Crippen molar-refractivity contribution < 1.29 is 9.53 Å². The van der Waals surface area contributed by atoms with Gasteiger partial charge in [-0.05, 0) is 33.1 Å². The Hall–Kier alpha value is -0.570. The van der Waals surface area contributed by atoms with Crippen molar-refractivity contribution >= 4 is 35.8 Å². The summed E-state index contributed by atoms with van der Waals surface area (Å²) in [7, 11) is 3.52. The van der Waals surface area contributed by atoms with Crippen molar-refractivity contribution in [2.45, 2.75) is 57.7 Å². The quantitative estimate of drug-likeness (QED) is 0.388. The summed E-state index contributed by atoms with van der Waals surface area (Å²) in [6, 6.07) is 0.715. The van der Waals surface area contributed by atoms with Gasteiger partial charge in [-0.1, -0.05) is 6.42 Å². The van der Waals surface area contributed by atoms with Crippen molar-refractivity contribution in [2.24, 2.45) is 16.3 Å². The molecule has 3 unspecified atom stereocenters. The minimum absolute atomic E-state index is 0. The van der Waals surface area contributed by atoms with Gasteiger partial charge < -0.3 is 20.3 Å². The van der Waals surface area contributed by atoms with Crippen LogP contribution in [-0.2, 0) is 9.53 Å². The van der Waals surface area contributed by atoms with Gasteiger partial charge in [-0.2, -0.15) is 0 Å². The fourth-order valence-corrected chi connectivity index (χ4v) is 4.30. The molecule has 1 aliphatic heterocycles. The lowest BCUT2D eigenvalue weighted by molar-refractivity contribution is -0.171. The van der Waals surface area contributed by atoms with E-state index in [1.54, 1.807) is 19.0 Å². The number of aliphatic imine (C=N–C) groups is 1. The van der Waals surface area contributed by atoms with E-state index >= 15 is 0 Å². The van der Waals surface area contributed by atoms with Crippen LogP contribution < -0.4 is 10.6 Å². The molecule has 0 radical (unpaired) electrons. The van der Waals surface area contributed by atoms with Crippen LogP contribution in [0.25, 0.3) is 0 Å². The highest BCUT2D eigenvalue weighted by molar-refractivity contribution is 14.0. The van der Waals surface area contributed by atoms with Crippen LogP contribution >= 0.6 is 24.0 Å². The number of hydrogen-bond donors (Lipinski definition) is 2. The van der Waals surface area contributed by atoms with E-state index < -0.39 is 0 Å². The summed E-state index contributed by atoms with van der Waals surface area (Å²) in [4.78, 5) is 17.9. The lowest BCUT2D eigenvalue weighted by Gasteiger charge is -2.63. The molecule has 6 nitrogen and oxygen atoms in total. The molecule has 24 heavy (non-hydrogen) atoms. The Kier molecular flexibility index (Phi) is 6.39. The number of likely N-dealkylation sites (N-methyl/N-ethyl adjacent to an activating group) is 1. The fourth-order valence-electron chi connectivity index (χ4n) is 4.30. The van der Waals surface area contributed by atoms with Crippen molar-refractivity contribution in [3.8, 4) is 0 Å². The van der Waals surface area contributed by atoms with Crippen molar-refractivity contribution in [2.75, 3.05) is 27.2 Å². The van der Waals surface area contributed by atoms with Gasteiger partial charge in [-0.25, -0.2) is 4.99 Å². The molecule has 1 spiro atoms. The van der Waals surface area contributed by atoms with E-state index in [1.165, 1.54) is 19.3 Å². The smallest absolute Gasteiger partial charge is 0.243 e. The summed E-state index contributed by atoms with van der Waals surface area (Å²) in [6.07, 6.45) is 5.37. The molecule has 2 N–H and O–H groups in total. The maximum absolute atomic E-state index is 11.8. The summed E-state index contributed by atoms with van der Waals surface area (Å²) in [5.74, 6) is 1.37. The summed E-state index contributed by atoms with van der Waals surface area (Å²) in [6.45, 7) is 5.25. The van der Waals surface area contributed by atoms with Gasteiger partial charge in [-0.15, -0.1) is 24.0 Å². The second-order valence-corrected chi connectivity index (χ2v) is 7.70. The van der Waals surface area contributed by atoms with Gasteiger partial charge >= 0.3 is 0 Å². The first-order valence-electron chi connectivity index (χ1n) is 8.83. The molecule has 1 saturated heterocycles. The lowest BCUT2D eigenvalue weighted by Crippen LogP contribution is -2.72. The van der Waals surface area contributed by atoms with Gasteiger partial charge in [0, 0.05) is 44.1 Å².